The van der Waals surface area contributed by atoms with Crippen molar-refractivity contribution in [3.63, 3.8) is 0 Å². The van der Waals surface area contributed by atoms with Gasteiger partial charge in [-0.15, -0.1) is 0 Å². The zero-order valence-electron chi connectivity index (χ0n) is 11.0. The Morgan fingerprint density at radius 1 is 1.16 bits per heavy atom. The van der Waals surface area contributed by atoms with Gasteiger partial charge in [-0.2, -0.15) is 0 Å². The first-order chi connectivity index (χ1) is 9.22. The maximum absolute atomic E-state index is 10.8. The van der Waals surface area contributed by atoms with Crippen LogP contribution in [0.2, 0.25) is 5.15 Å². The van der Waals surface area contributed by atoms with E-state index in [0.717, 1.165) is 24.5 Å². The number of hydrogen-bond donors (Lipinski definition) is 0. The summed E-state index contributed by atoms with van der Waals surface area (Å²) >= 11 is 7.36. The van der Waals surface area contributed by atoms with Gasteiger partial charge >= 0.3 is 0 Å². The van der Waals surface area contributed by atoms with Gasteiger partial charge in [-0.3, -0.25) is 4.79 Å². The summed E-state index contributed by atoms with van der Waals surface area (Å²) in [5.41, 5.74) is 0.600. The van der Waals surface area contributed by atoms with E-state index in [1.165, 1.54) is 56.3 Å². The van der Waals surface area contributed by atoms with E-state index < -0.39 is 0 Å². The minimum Gasteiger partial charge on any atom is -0.348 e. The molecule has 1 aliphatic heterocycles. The number of thiazole rings is 1. The summed E-state index contributed by atoms with van der Waals surface area (Å²) in [5, 5.41) is 1.27. The Morgan fingerprint density at radius 3 is 2.42 bits per heavy atom. The van der Waals surface area contributed by atoms with Crippen LogP contribution in [0.25, 0.3) is 0 Å². The molecule has 3 nitrogen and oxygen atoms in total. The molecule has 0 unspecified atom stereocenters. The first-order valence-corrected chi connectivity index (χ1v) is 8.28. The fraction of sp³-hybridized carbons (Fsp3) is 0.714. The molecule has 3 rings (SSSR count). The molecule has 0 bridgehead atoms. The molecular weight excluding hydrogens is 280 g/mol. The molecule has 2 heterocycles. The van der Waals surface area contributed by atoms with Gasteiger partial charge in [0.1, 0.15) is 4.88 Å². The zero-order chi connectivity index (χ0) is 13.3. The summed E-state index contributed by atoms with van der Waals surface area (Å²) in [7, 11) is 0. The van der Waals surface area contributed by atoms with Crippen molar-refractivity contribution in [3.8, 4) is 0 Å². The standard InChI is InChI=1S/C14H19ClN2OS/c15-12-11(10-18)19-13(16-12)17-8-6-14(7-9-17)4-2-1-3-5-14/h10H,1-9H2. The van der Waals surface area contributed by atoms with Gasteiger partial charge in [-0.25, -0.2) is 4.98 Å². The number of carbonyl (C=O) groups is 1. The molecule has 2 aliphatic rings. The van der Waals surface area contributed by atoms with Crippen LogP contribution in [0.15, 0.2) is 0 Å². The Bertz CT molecular complexity index is 458. The molecule has 1 aliphatic carbocycles. The molecule has 0 N–H and O–H groups in total. The molecule has 0 atom stereocenters. The molecule has 1 spiro atoms. The lowest BCUT2D eigenvalue weighted by Gasteiger charge is -2.44. The Kier molecular flexibility index (Phi) is 3.81. The van der Waals surface area contributed by atoms with Gasteiger partial charge in [-0.1, -0.05) is 42.2 Å². The third-order valence-corrected chi connectivity index (χ3v) is 6.16. The summed E-state index contributed by atoms with van der Waals surface area (Å²) in [5.74, 6) is 0. The monoisotopic (exact) mass is 298 g/mol. The van der Waals surface area contributed by atoms with E-state index in [2.05, 4.69) is 9.88 Å². The van der Waals surface area contributed by atoms with E-state index >= 15 is 0 Å². The highest BCUT2D eigenvalue weighted by molar-refractivity contribution is 7.17. The highest BCUT2D eigenvalue weighted by atomic mass is 35.5. The SMILES string of the molecule is O=Cc1sc(N2CCC3(CCCCC3)CC2)nc1Cl. The molecule has 19 heavy (non-hydrogen) atoms. The van der Waals surface area contributed by atoms with Gasteiger partial charge in [0.25, 0.3) is 0 Å². The molecule has 5 heteroatoms. The predicted octanol–water partition coefficient (Wildman–Crippen LogP) is 4.16. The number of carbonyl (C=O) groups excluding carboxylic acids is 1. The van der Waals surface area contributed by atoms with Gasteiger partial charge < -0.3 is 4.90 Å². The van der Waals surface area contributed by atoms with Crippen molar-refractivity contribution < 1.29 is 4.79 Å². The van der Waals surface area contributed by atoms with Crippen LogP contribution in [0.4, 0.5) is 5.13 Å². The smallest absolute Gasteiger partial charge is 0.187 e. The lowest BCUT2D eigenvalue weighted by molar-refractivity contribution is 0.112. The third kappa shape index (κ3) is 2.65. The summed E-state index contributed by atoms with van der Waals surface area (Å²) in [6.07, 6.45) is 10.3. The molecule has 1 aromatic heterocycles. The van der Waals surface area contributed by atoms with Crippen molar-refractivity contribution in [2.75, 3.05) is 18.0 Å². The maximum atomic E-state index is 10.8. The van der Waals surface area contributed by atoms with Crippen LogP contribution in [0.1, 0.15) is 54.6 Å². The fourth-order valence-corrected chi connectivity index (χ4v) is 4.60. The quantitative estimate of drug-likeness (QED) is 0.769. The van der Waals surface area contributed by atoms with Crippen LogP contribution in [-0.2, 0) is 0 Å². The van der Waals surface area contributed by atoms with Crippen LogP contribution in [0, 0.1) is 5.41 Å². The second kappa shape index (κ2) is 5.41. The highest BCUT2D eigenvalue weighted by Crippen LogP contribution is 2.45. The summed E-state index contributed by atoms with van der Waals surface area (Å²) in [6.45, 7) is 2.12. The summed E-state index contributed by atoms with van der Waals surface area (Å²) in [6, 6.07) is 0. The lowest BCUT2D eigenvalue weighted by Crippen LogP contribution is -2.41. The second-order valence-electron chi connectivity index (χ2n) is 5.82. The Morgan fingerprint density at radius 2 is 1.84 bits per heavy atom. The number of aromatic nitrogens is 1. The molecule has 0 radical (unpaired) electrons. The van der Waals surface area contributed by atoms with Crippen molar-refractivity contribution in [1.29, 1.82) is 0 Å². The molecule has 2 fully saturated rings. The second-order valence-corrected chi connectivity index (χ2v) is 7.18. The van der Waals surface area contributed by atoms with E-state index in [4.69, 9.17) is 11.6 Å². The Hall–Kier alpha value is -0.610. The molecule has 1 aromatic rings. The van der Waals surface area contributed by atoms with Crippen molar-refractivity contribution >= 4 is 34.4 Å². The van der Waals surface area contributed by atoms with Gasteiger partial charge in [0, 0.05) is 13.1 Å². The van der Waals surface area contributed by atoms with E-state index in [1.807, 2.05) is 0 Å². The minimum atomic E-state index is 0.355. The number of nitrogens with zero attached hydrogens (tertiary/aromatic N) is 2. The zero-order valence-corrected chi connectivity index (χ0v) is 12.6. The van der Waals surface area contributed by atoms with E-state index in [1.54, 1.807) is 0 Å². The number of aldehydes is 1. The first kappa shape index (κ1) is 13.4. The van der Waals surface area contributed by atoms with Gasteiger partial charge in [0.2, 0.25) is 0 Å². The highest BCUT2D eigenvalue weighted by Gasteiger charge is 2.36. The minimum absolute atomic E-state index is 0.355. The molecular formula is C14H19ClN2OS. The van der Waals surface area contributed by atoms with Gasteiger partial charge in [0.05, 0.1) is 0 Å². The molecule has 1 saturated heterocycles. The van der Waals surface area contributed by atoms with Crippen LogP contribution in [0.5, 0.6) is 0 Å². The van der Waals surface area contributed by atoms with Crippen LogP contribution in [-0.4, -0.2) is 24.4 Å². The number of piperidine rings is 1. The Balaban J connectivity index is 1.67. The third-order valence-electron chi connectivity index (χ3n) is 4.71. The molecule has 1 saturated carbocycles. The van der Waals surface area contributed by atoms with E-state index in [0.29, 0.717) is 15.4 Å². The van der Waals surface area contributed by atoms with Gasteiger partial charge in [-0.05, 0) is 31.1 Å². The number of anilines is 1. The first-order valence-electron chi connectivity index (χ1n) is 7.09. The van der Waals surface area contributed by atoms with E-state index in [-0.39, 0.29) is 0 Å². The topological polar surface area (TPSA) is 33.2 Å². The van der Waals surface area contributed by atoms with Crippen LogP contribution >= 0.6 is 22.9 Å². The lowest BCUT2D eigenvalue weighted by atomic mass is 9.68. The maximum Gasteiger partial charge on any atom is 0.187 e. The molecule has 104 valence electrons. The fourth-order valence-electron chi connectivity index (χ4n) is 3.48. The Labute approximate surface area is 123 Å². The molecule has 0 aromatic carbocycles. The van der Waals surface area contributed by atoms with Crippen molar-refractivity contribution in [2.24, 2.45) is 5.41 Å². The summed E-state index contributed by atoms with van der Waals surface area (Å²) in [4.78, 5) is 18.0. The average Bonchev–Trinajstić information content (AvgIpc) is 2.82. The average molecular weight is 299 g/mol. The van der Waals surface area contributed by atoms with Gasteiger partial charge in [0.15, 0.2) is 16.6 Å². The van der Waals surface area contributed by atoms with Crippen LogP contribution < -0.4 is 4.90 Å². The number of halogens is 1. The van der Waals surface area contributed by atoms with Crippen LogP contribution in [0.3, 0.4) is 0 Å². The summed E-state index contributed by atoms with van der Waals surface area (Å²) < 4.78 is 0. The molecule has 0 amide bonds. The largest absolute Gasteiger partial charge is 0.348 e. The van der Waals surface area contributed by atoms with Crippen molar-refractivity contribution in [2.45, 2.75) is 44.9 Å². The van der Waals surface area contributed by atoms with Crippen molar-refractivity contribution in [3.05, 3.63) is 10.0 Å². The normalized spacial score (nSPS) is 22.7. The number of rotatable bonds is 2. The van der Waals surface area contributed by atoms with E-state index in [9.17, 15) is 4.79 Å². The number of hydrogen-bond acceptors (Lipinski definition) is 4. The predicted molar refractivity (Wildman–Crippen MR) is 79.5 cm³/mol. The van der Waals surface area contributed by atoms with Crippen molar-refractivity contribution in [1.82, 2.24) is 4.98 Å².